The first-order valence-electron chi connectivity index (χ1n) is 8.80. The Labute approximate surface area is 166 Å². The number of carboxylic acids is 1. The molecular formula is C16H24N6O5S. The van der Waals surface area contributed by atoms with Gasteiger partial charge in [0, 0.05) is 6.54 Å². The van der Waals surface area contributed by atoms with Crippen LogP contribution in [0.15, 0.2) is 15.0 Å². The molecule has 28 heavy (non-hydrogen) atoms. The van der Waals surface area contributed by atoms with Crippen LogP contribution in [0.2, 0.25) is 0 Å². The number of fused-ring (bicyclic) bond motifs is 1. The Morgan fingerprint density at radius 2 is 2.25 bits per heavy atom. The maximum atomic E-state index is 11.4. The van der Waals surface area contributed by atoms with Crippen LogP contribution in [0.5, 0.6) is 0 Å². The van der Waals surface area contributed by atoms with E-state index in [0.717, 1.165) is 0 Å². The Morgan fingerprint density at radius 3 is 2.93 bits per heavy atom. The number of amidine groups is 2. The molecule has 0 aromatic carbocycles. The lowest BCUT2D eigenvalue weighted by Crippen LogP contribution is -2.52. The van der Waals surface area contributed by atoms with Crippen LogP contribution in [-0.4, -0.2) is 105 Å². The van der Waals surface area contributed by atoms with Crippen molar-refractivity contribution in [1.82, 2.24) is 10.2 Å². The van der Waals surface area contributed by atoms with Crippen molar-refractivity contribution in [2.75, 3.05) is 18.6 Å². The SMILES string of the molecule is CSCC[C@H](NC[C@H]1O[C@@H](N2C=NC3(C)C(=N)N=CN=C23)[C@H](O)[C@@H]1O)C(=O)O. The Balaban J connectivity index is 1.67. The normalized spacial score (nSPS) is 35.2. The zero-order chi connectivity index (χ0) is 20.5. The van der Waals surface area contributed by atoms with E-state index in [2.05, 4.69) is 20.3 Å². The van der Waals surface area contributed by atoms with Gasteiger partial charge < -0.3 is 25.4 Å². The molecule has 0 saturated carbocycles. The van der Waals surface area contributed by atoms with E-state index in [1.165, 1.54) is 17.6 Å². The Kier molecular flexibility index (Phi) is 6.15. The summed E-state index contributed by atoms with van der Waals surface area (Å²) in [4.78, 5) is 25.1. The van der Waals surface area contributed by atoms with Crippen molar-refractivity contribution in [2.45, 2.75) is 49.5 Å². The monoisotopic (exact) mass is 412 g/mol. The fourth-order valence-corrected chi connectivity index (χ4v) is 3.76. The van der Waals surface area contributed by atoms with Gasteiger partial charge in [-0.05, 0) is 25.4 Å². The quantitative estimate of drug-likeness (QED) is 0.330. The minimum atomic E-state index is -1.26. The van der Waals surface area contributed by atoms with E-state index in [9.17, 15) is 20.1 Å². The van der Waals surface area contributed by atoms with Gasteiger partial charge in [0.2, 0.25) is 0 Å². The number of nitrogens with zero attached hydrogens (tertiary/aromatic N) is 4. The van der Waals surface area contributed by atoms with Crippen LogP contribution in [0.1, 0.15) is 13.3 Å². The highest BCUT2D eigenvalue weighted by Crippen LogP contribution is 2.31. The summed E-state index contributed by atoms with van der Waals surface area (Å²) in [7, 11) is 0. The summed E-state index contributed by atoms with van der Waals surface area (Å²) in [6, 6.07) is -0.768. The fraction of sp³-hybridized carbons (Fsp3) is 0.688. The second kappa shape index (κ2) is 8.25. The van der Waals surface area contributed by atoms with Crippen molar-refractivity contribution in [3.8, 4) is 0 Å². The summed E-state index contributed by atoms with van der Waals surface area (Å²) >= 11 is 1.55. The molecule has 0 radical (unpaired) electrons. The maximum Gasteiger partial charge on any atom is 0.320 e. The minimum absolute atomic E-state index is 0.0144. The van der Waals surface area contributed by atoms with Crippen LogP contribution in [0.25, 0.3) is 0 Å². The van der Waals surface area contributed by atoms with Crippen molar-refractivity contribution in [3.63, 3.8) is 0 Å². The topological polar surface area (TPSA) is 163 Å². The molecule has 0 aromatic heterocycles. The van der Waals surface area contributed by atoms with Gasteiger partial charge in [-0.1, -0.05) is 0 Å². The van der Waals surface area contributed by atoms with Crippen molar-refractivity contribution in [2.24, 2.45) is 15.0 Å². The molecule has 3 aliphatic heterocycles. The van der Waals surface area contributed by atoms with Crippen LogP contribution >= 0.6 is 11.8 Å². The lowest BCUT2D eigenvalue weighted by atomic mass is 9.99. The minimum Gasteiger partial charge on any atom is -0.480 e. The van der Waals surface area contributed by atoms with Crippen molar-refractivity contribution >= 4 is 42.1 Å². The largest absolute Gasteiger partial charge is 0.480 e. The fourth-order valence-electron chi connectivity index (χ4n) is 3.29. The molecule has 0 amide bonds. The molecule has 6 atom stereocenters. The lowest BCUT2D eigenvalue weighted by molar-refractivity contribution is -0.139. The van der Waals surface area contributed by atoms with Gasteiger partial charge in [0.15, 0.2) is 17.6 Å². The van der Waals surface area contributed by atoms with Crippen molar-refractivity contribution in [1.29, 1.82) is 5.41 Å². The van der Waals surface area contributed by atoms with Gasteiger partial charge >= 0.3 is 5.97 Å². The molecular weight excluding hydrogens is 388 g/mol. The number of hydrogen-bond donors (Lipinski definition) is 5. The first kappa shape index (κ1) is 20.9. The summed E-state index contributed by atoms with van der Waals surface area (Å²) in [5.74, 6) is 0.0937. The molecule has 0 aliphatic carbocycles. The third-order valence-corrected chi connectivity index (χ3v) is 5.68. The van der Waals surface area contributed by atoms with Gasteiger partial charge in [-0.3, -0.25) is 20.1 Å². The molecule has 1 unspecified atom stereocenters. The van der Waals surface area contributed by atoms with Crippen LogP contribution in [0.4, 0.5) is 0 Å². The number of thioether (sulfide) groups is 1. The second-order valence-corrected chi connectivity index (χ2v) is 7.88. The first-order chi connectivity index (χ1) is 13.3. The predicted molar refractivity (Wildman–Crippen MR) is 105 cm³/mol. The number of aliphatic carboxylic acids is 1. The number of carbonyl (C=O) groups is 1. The number of carboxylic acid groups (broad SMARTS) is 1. The smallest absolute Gasteiger partial charge is 0.320 e. The Morgan fingerprint density at radius 1 is 1.50 bits per heavy atom. The number of aliphatic imine (C=N–C) groups is 3. The van der Waals surface area contributed by atoms with E-state index < -0.39 is 42.1 Å². The zero-order valence-corrected chi connectivity index (χ0v) is 16.3. The summed E-state index contributed by atoms with van der Waals surface area (Å²) in [5.41, 5.74) is -1.06. The highest BCUT2D eigenvalue weighted by Gasteiger charge is 2.52. The third kappa shape index (κ3) is 3.70. The molecule has 3 heterocycles. The van der Waals surface area contributed by atoms with Gasteiger partial charge in [0.05, 0.1) is 6.34 Å². The number of hydrogen-bond acceptors (Lipinski definition) is 10. The molecule has 0 bridgehead atoms. The number of rotatable bonds is 8. The summed E-state index contributed by atoms with van der Waals surface area (Å²) in [6.45, 7) is 1.74. The van der Waals surface area contributed by atoms with E-state index in [4.69, 9.17) is 10.1 Å². The molecule has 5 N–H and O–H groups in total. The van der Waals surface area contributed by atoms with E-state index >= 15 is 0 Å². The number of nitrogens with one attached hydrogen (secondary N) is 2. The molecule has 0 spiro atoms. The maximum absolute atomic E-state index is 11.4. The highest BCUT2D eigenvalue weighted by atomic mass is 32.2. The molecule has 12 heteroatoms. The number of aliphatic hydroxyl groups is 2. The molecule has 0 aromatic rings. The van der Waals surface area contributed by atoms with Crippen molar-refractivity contribution < 1.29 is 24.9 Å². The first-order valence-corrected chi connectivity index (χ1v) is 10.2. The van der Waals surface area contributed by atoms with Gasteiger partial charge in [-0.25, -0.2) is 9.98 Å². The Bertz CT molecular complexity index is 730. The van der Waals surface area contributed by atoms with Gasteiger partial charge in [0.1, 0.15) is 36.5 Å². The third-order valence-electron chi connectivity index (χ3n) is 5.03. The summed E-state index contributed by atoms with van der Waals surface area (Å²) in [5, 5.41) is 41.0. The average Bonchev–Trinajstić information content (AvgIpc) is 3.14. The van der Waals surface area contributed by atoms with Crippen LogP contribution in [-0.2, 0) is 9.53 Å². The standard InChI is InChI=1S/C16H24N6O5S/c1-16-14(17)19-6-20-15(16)22(7-21-16)12-11(24)10(23)9(27-12)5-18-8(13(25)26)3-4-28-2/h6-12,17-18,23-24H,3-5H2,1-2H3,(H,25,26)/t8-,9+,10+,11+,12+,16?/m0/s1. The van der Waals surface area contributed by atoms with E-state index in [1.807, 2.05) is 6.26 Å². The summed E-state index contributed by atoms with van der Waals surface area (Å²) in [6.07, 6.45) is 0.733. The lowest BCUT2D eigenvalue weighted by Gasteiger charge is -2.31. The van der Waals surface area contributed by atoms with E-state index in [0.29, 0.717) is 18.0 Å². The molecule has 1 saturated heterocycles. The van der Waals surface area contributed by atoms with Crippen molar-refractivity contribution in [3.05, 3.63) is 0 Å². The molecule has 154 valence electrons. The second-order valence-electron chi connectivity index (χ2n) is 6.90. The van der Waals surface area contributed by atoms with Crippen LogP contribution in [0, 0.1) is 5.41 Å². The molecule has 11 nitrogen and oxygen atoms in total. The zero-order valence-electron chi connectivity index (χ0n) is 15.5. The Hall–Kier alpha value is -1.86. The average molecular weight is 412 g/mol. The van der Waals surface area contributed by atoms with Gasteiger partial charge in [-0.2, -0.15) is 11.8 Å². The number of ether oxygens (including phenoxy) is 1. The highest BCUT2D eigenvalue weighted by molar-refractivity contribution is 7.98. The van der Waals surface area contributed by atoms with E-state index in [-0.39, 0.29) is 12.4 Å². The molecule has 1 fully saturated rings. The predicted octanol–water partition coefficient (Wildman–Crippen LogP) is -1.25. The molecule has 3 rings (SSSR count). The number of aliphatic hydroxyl groups excluding tert-OH is 2. The van der Waals surface area contributed by atoms with E-state index in [1.54, 1.807) is 18.7 Å². The van der Waals surface area contributed by atoms with Crippen LogP contribution in [0.3, 0.4) is 0 Å². The van der Waals surface area contributed by atoms with Gasteiger partial charge in [-0.15, -0.1) is 0 Å². The summed E-state index contributed by atoms with van der Waals surface area (Å²) < 4.78 is 5.81. The van der Waals surface area contributed by atoms with Crippen LogP contribution < -0.4 is 5.32 Å². The molecule has 3 aliphatic rings. The van der Waals surface area contributed by atoms with Gasteiger partial charge in [0.25, 0.3) is 0 Å².